The maximum Gasteiger partial charge on any atom is 0.272 e. The van der Waals surface area contributed by atoms with E-state index in [-0.39, 0.29) is 17.2 Å². The first-order valence-corrected chi connectivity index (χ1v) is 6.11. The fourth-order valence-corrected chi connectivity index (χ4v) is 1.88. The van der Waals surface area contributed by atoms with Crippen LogP contribution in [0.1, 0.15) is 11.1 Å². The molecule has 0 N–H and O–H groups in total. The molecule has 0 spiro atoms. The first-order chi connectivity index (χ1) is 9.61. The van der Waals surface area contributed by atoms with Gasteiger partial charge in [0.05, 0.1) is 12.0 Å². The van der Waals surface area contributed by atoms with Crippen molar-refractivity contribution < 1.29 is 14.4 Å². The van der Waals surface area contributed by atoms with Crippen molar-refractivity contribution in [1.82, 2.24) is 0 Å². The highest BCUT2D eigenvalue weighted by molar-refractivity contribution is 5.44. The van der Waals surface area contributed by atoms with E-state index in [1.54, 1.807) is 26.2 Å². The highest BCUT2D eigenvalue weighted by atomic mass is 16.6. The quantitative estimate of drug-likeness (QED) is 0.618. The van der Waals surface area contributed by atoms with Crippen LogP contribution in [0.3, 0.4) is 0 Å². The van der Waals surface area contributed by atoms with Crippen LogP contribution in [0.5, 0.6) is 11.5 Å². The fraction of sp³-hybridized carbons (Fsp3) is 0.200. The molecule has 0 amide bonds. The lowest BCUT2D eigenvalue weighted by molar-refractivity contribution is -0.385. The van der Waals surface area contributed by atoms with Crippen LogP contribution in [-0.4, -0.2) is 12.0 Å². The first kappa shape index (κ1) is 13.9. The van der Waals surface area contributed by atoms with Gasteiger partial charge in [0.25, 0.3) is 5.69 Å². The van der Waals surface area contributed by atoms with E-state index in [2.05, 4.69) is 0 Å². The molecule has 104 valence electrons. The fourth-order valence-electron chi connectivity index (χ4n) is 1.88. The van der Waals surface area contributed by atoms with E-state index < -0.39 is 0 Å². The van der Waals surface area contributed by atoms with E-state index in [1.165, 1.54) is 6.07 Å². The summed E-state index contributed by atoms with van der Waals surface area (Å²) >= 11 is 0. The van der Waals surface area contributed by atoms with Crippen LogP contribution in [0, 0.1) is 17.0 Å². The van der Waals surface area contributed by atoms with E-state index >= 15 is 0 Å². The maximum atomic E-state index is 10.9. The summed E-state index contributed by atoms with van der Waals surface area (Å²) in [6.07, 6.45) is 0. The molecular weight excluding hydrogens is 258 g/mol. The van der Waals surface area contributed by atoms with E-state index in [0.717, 1.165) is 5.56 Å². The minimum absolute atomic E-state index is 0.108. The van der Waals surface area contributed by atoms with Crippen molar-refractivity contribution in [2.45, 2.75) is 13.5 Å². The number of rotatable bonds is 5. The average Bonchev–Trinajstić information content (AvgIpc) is 2.46. The third kappa shape index (κ3) is 3.06. The molecule has 5 nitrogen and oxygen atoms in total. The summed E-state index contributed by atoms with van der Waals surface area (Å²) in [4.78, 5) is 10.5. The Kier molecular flexibility index (Phi) is 4.20. The highest BCUT2D eigenvalue weighted by Gasteiger charge is 2.13. The van der Waals surface area contributed by atoms with Gasteiger partial charge >= 0.3 is 0 Å². The van der Waals surface area contributed by atoms with Crippen molar-refractivity contribution >= 4 is 5.69 Å². The molecule has 0 saturated carbocycles. The largest absolute Gasteiger partial charge is 0.497 e. The van der Waals surface area contributed by atoms with Gasteiger partial charge in [-0.25, -0.2) is 0 Å². The summed E-state index contributed by atoms with van der Waals surface area (Å²) < 4.78 is 10.8. The molecule has 0 saturated heterocycles. The summed E-state index contributed by atoms with van der Waals surface area (Å²) in [5, 5.41) is 10.9. The molecule has 2 aromatic rings. The van der Waals surface area contributed by atoms with Crippen molar-refractivity contribution in [2.75, 3.05) is 7.11 Å². The predicted octanol–water partition coefficient (Wildman–Crippen LogP) is 3.49. The Balaban J connectivity index is 2.14. The smallest absolute Gasteiger partial charge is 0.272 e. The number of methoxy groups -OCH3 is 1. The van der Waals surface area contributed by atoms with Crippen LogP contribution in [0.25, 0.3) is 0 Å². The second kappa shape index (κ2) is 6.06. The van der Waals surface area contributed by atoms with Gasteiger partial charge in [-0.1, -0.05) is 18.2 Å². The van der Waals surface area contributed by atoms with Gasteiger partial charge in [-0.05, 0) is 24.6 Å². The number of benzene rings is 2. The predicted molar refractivity (Wildman–Crippen MR) is 75.2 cm³/mol. The lowest BCUT2D eigenvalue weighted by Crippen LogP contribution is -2.01. The number of nitrogens with zero attached hydrogens (tertiary/aromatic N) is 1. The van der Waals surface area contributed by atoms with Gasteiger partial charge in [0.15, 0.2) is 0 Å². The molecule has 0 aliphatic carbocycles. The highest BCUT2D eigenvalue weighted by Crippen LogP contribution is 2.24. The lowest BCUT2D eigenvalue weighted by Gasteiger charge is -2.09. The zero-order chi connectivity index (χ0) is 14.5. The second-order valence-electron chi connectivity index (χ2n) is 4.29. The molecule has 2 rings (SSSR count). The van der Waals surface area contributed by atoms with Crippen LogP contribution in [0.2, 0.25) is 0 Å². The standard InChI is InChI=1S/C15H15NO4/c1-11-12(5-3-8-15(11)16(17)18)10-20-14-7-4-6-13(9-14)19-2/h3-9H,10H2,1-2H3. The maximum absolute atomic E-state index is 10.9. The molecule has 0 bridgehead atoms. The third-order valence-corrected chi connectivity index (χ3v) is 3.05. The molecule has 20 heavy (non-hydrogen) atoms. The van der Waals surface area contributed by atoms with E-state index in [1.807, 2.05) is 24.3 Å². The molecule has 2 aromatic carbocycles. The van der Waals surface area contributed by atoms with Gasteiger partial charge in [0.2, 0.25) is 0 Å². The van der Waals surface area contributed by atoms with Gasteiger partial charge < -0.3 is 9.47 Å². The zero-order valence-electron chi connectivity index (χ0n) is 11.3. The Morgan fingerprint density at radius 1 is 1.15 bits per heavy atom. The first-order valence-electron chi connectivity index (χ1n) is 6.11. The summed E-state index contributed by atoms with van der Waals surface area (Å²) in [7, 11) is 1.59. The molecule has 0 aliphatic rings. The number of nitro groups is 1. The van der Waals surface area contributed by atoms with Crippen molar-refractivity contribution in [3.8, 4) is 11.5 Å². The zero-order valence-corrected chi connectivity index (χ0v) is 11.3. The second-order valence-corrected chi connectivity index (χ2v) is 4.29. The third-order valence-electron chi connectivity index (χ3n) is 3.05. The van der Waals surface area contributed by atoms with Crippen LogP contribution in [0.4, 0.5) is 5.69 Å². The molecule has 5 heteroatoms. The van der Waals surface area contributed by atoms with Crippen LogP contribution in [0.15, 0.2) is 42.5 Å². The Morgan fingerprint density at radius 2 is 1.85 bits per heavy atom. The van der Waals surface area contributed by atoms with Gasteiger partial charge in [-0.2, -0.15) is 0 Å². The molecule has 0 atom stereocenters. The van der Waals surface area contributed by atoms with Gasteiger partial charge in [-0.3, -0.25) is 10.1 Å². The SMILES string of the molecule is COc1cccc(OCc2cccc([N+](=O)[O-])c2C)c1. The Morgan fingerprint density at radius 3 is 2.55 bits per heavy atom. The number of hydrogen-bond donors (Lipinski definition) is 0. The molecule has 0 radical (unpaired) electrons. The van der Waals surface area contributed by atoms with Gasteiger partial charge in [0, 0.05) is 17.7 Å². The van der Waals surface area contributed by atoms with E-state index in [0.29, 0.717) is 17.1 Å². The lowest BCUT2D eigenvalue weighted by atomic mass is 10.1. The number of hydrogen-bond acceptors (Lipinski definition) is 4. The van der Waals surface area contributed by atoms with Crippen molar-refractivity contribution in [2.24, 2.45) is 0 Å². The average molecular weight is 273 g/mol. The molecule has 0 heterocycles. The van der Waals surface area contributed by atoms with Crippen LogP contribution < -0.4 is 9.47 Å². The Bertz CT molecular complexity index is 625. The minimum atomic E-state index is -0.385. The molecule has 0 unspecified atom stereocenters. The minimum Gasteiger partial charge on any atom is -0.497 e. The van der Waals surface area contributed by atoms with Gasteiger partial charge in [-0.15, -0.1) is 0 Å². The monoisotopic (exact) mass is 273 g/mol. The topological polar surface area (TPSA) is 61.6 Å². The summed E-state index contributed by atoms with van der Waals surface area (Å²) in [6, 6.07) is 12.2. The number of ether oxygens (including phenoxy) is 2. The molecule has 0 aliphatic heterocycles. The summed E-state index contributed by atoms with van der Waals surface area (Å²) in [5.74, 6) is 1.37. The molecule has 0 fully saturated rings. The van der Waals surface area contributed by atoms with E-state index in [4.69, 9.17) is 9.47 Å². The van der Waals surface area contributed by atoms with Crippen LogP contribution >= 0.6 is 0 Å². The number of nitro benzene ring substituents is 1. The van der Waals surface area contributed by atoms with Crippen molar-refractivity contribution in [3.05, 3.63) is 63.7 Å². The van der Waals surface area contributed by atoms with Crippen molar-refractivity contribution in [3.63, 3.8) is 0 Å². The molecular formula is C15H15NO4. The van der Waals surface area contributed by atoms with Gasteiger partial charge in [0.1, 0.15) is 18.1 Å². The van der Waals surface area contributed by atoms with E-state index in [9.17, 15) is 10.1 Å². The normalized spacial score (nSPS) is 10.1. The molecule has 0 aromatic heterocycles. The summed E-state index contributed by atoms with van der Waals surface area (Å²) in [6.45, 7) is 2.00. The Labute approximate surface area is 116 Å². The van der Waals surface area contributed by atoms with Crippen LogP contribution in [-0.2, 0) is 6.61 Å². The van der Waals surface area contributed by atoms with Crippen molar-refractivity contribution in [1.29, 1.82) is 0 Å². The summed E-state index contributed by atoms with van der Waals surface area (Å²) in [5.41, 5.74) is 1.53. The Hall–Kier alpha value is -2.56.